The molecule has 2 rings (SSSR count). The van der Waals surface area contributed by atoms with Crippen LogP contribution in [-0.4, -0.2) is 35.0 Å². The van der Waals surface area contributed by atoms with Gasteiger partial charge in [-0.1, -0.05) is 19.1 Å². The molecule has 1 N–H and O–H groups in total. The molecule has 0 bridgehead atoms. The molecule has 0 saturated carbocycles. The van der Waals surface area contributed by atoms with E-state index in [4.69, 9.17) is 0 Å². The van der Waals surface area contributed by atoms with E-state index in [1.807, 2.05) is 17.1 Å². The van der Waals surface area contributed by atoms with E-state index in [2.05, 4.69) is 6.92 Å². The van der Waals surface area contributed by atoms with Crippen molar-refractivity contribution in [2.24, 2.45) is 17.8 Å². The van der Waals surface area contributed by atoms with Crippen molar-refractivity contribution in [3.05, 3.63) is 12.2 Å². The van der Waals surface area contributed by atoms with Crippen LogP contribution in [0, 0.1) is 17.8 Å². The van der Waals surface area contributed by atoms with Gasteiger partial charge in [0.25, 0.3) is 0 Å². The molecular weight excluding hydrogens is 242 g/mol. The molecule has 0 spiro atoms. The summed E-state index contributed by atoms with van der Waals surface area (Å²) in [5.41, 5.74) is 0. The Balaban J connectivity index is 2.04. The lowest BCUT2D eigenvalue weighted by molar-refractivity contribution is -0.150. The molecule has 1 aliphatic heterocycles. The lowest BCUT2D eigenvalue weighted by atomic mass is 9.82. The van der Waals surface area contributed by atoms with Gasteiger partial charge in [0, 0.05) is 13.1 Å². The van der Waals surface area contributed by atoms with Gasteiger partial charge in [0.2, 0.25) is 5.91 Å². The van der Waals surface area contributed by atoms with Crippen molar-refractivity contribution in [3.8, 4) is 0 Å². The van der Waals surface area contributed by atoms with E-state index in [-0.39, 0.29) is 11.8 Å². The SMILES string of the molecule is CC1CCCN(C(=O)[C@@H]2CC=CC[C@@H]2C(=O)O)CC1. The third-order valence-electron chi connectivity index (χ3n) is 4.40. The molecule has 0 aromatic heterocycles. The minimum Gasteiger partial charge on any atom is -0.481 e. The maximum absolute atomic E-state index is 12.6. The molecular formula is C15H23NO3. The molecule has 1 amide bonds. The van der Waals surface area contributed by atoms with Gasteiger partial charge in [-0.3, -0.25) is 9.59 Å². The maximum atomic E-state index is 12.6. The van der Waals surface area contributed by atoms with Crippen LogP contribution in [0.2, 0.25) is 0 Å². The van der Waals surface area contributed by atoms with E-state index in [1.54, 1.807) is 0 Å². The Morgan fingerprint density at radius 3 is 2.47 bits per heavy atom. The number of rotatable bonds is 2. The number of carboxylic acids is 1. The van der Waals surface area contributed by atoms with Crippen molar-refractivity contribution < 1.29 is 14.7 Å². The molecule has 0 aromatic rings. The van der Waals surface area contributed by atoms with E-state index < -0.39 is 11.9 Å². The van der Waals surface area contributed by atoms with E-state index >= 15 is 0 Å². The Labute approximate surface area is 114 Å². The van der Waals surface area contributed by atoms with Crippen LogP contribution >= 0.6 is 0 Å². The highest BCUT2D eigenvalue weighted by molar-refractivity contribution is 5.85. The fourth-order valence-electron chi connectivity index (χ4n) is 3.08. The van der Waals surface area contributed by atoms with Crippen LogP contribution in [-0.2, 0) is 9.59 Å². The Morgan fingerprint density at radius 2 is 1.79 bits per heavy atom. The van der Waals surface area contributed by atoms with Gasteiger partial charge in [0.05, 0.1) is 11.8 Å². The summed E-state index contributed by atoms with van der Waals surface area (Å²) in [6.07, 6.45) is 8.11. The molecule has 1 unspecified atom stereocenters. The van der Waals surface area contributed by atoms with Gasteiger partial charge in [-0.25, -0.2) is 0 Å². The zero-order valence-corrected chi connectivity index (χ0v) is 11.5. The van der Waals surface area contributed by atoms with Crippen molar-refractivity contribution in [2.45, 2.75) is 39.0 Å². The second kappa shape index (κ2) is 6.22. The maximum Gasteiger partial charge on any atom is 0.307 e. The number of likely N-dealkylation sites (tertiary alicyclic amines) is 1. The highest BCUT2D eigenvalue weighted by atomic mass is 16.4. The molecule has 1 fully saturated rings. The summed E-state index contributed by atoms with van der Waals surface area (Å²) in [5.74, 6) is -1.04. The summed E-state index contributed by atoms with van der Waals surface area (Å²) in [4.78, 5) is 25.7. The lowest BCUT2D eigenvalue weighted by Gasteiger charge is -2.30. The van der Waals surface area contributed by atoms with Gasteiger partial charge in [-0.05, 0) is 38.0 Å². The lowest BCUT2D eigenvalue weighted by Crippen LogP contribution is -2.42. The summed E-state index contributed by atoms with van der Waals surface area (Å²) in [5, 5.41) is 9.25. The summed E-state index contributed by atoms with van der Waals surface area (Å²) >= 11 is 0. The first-order chi connectivity index (χ1) is 9.09. The highest BCUT2D eigenvalue weighted by Gasteiger charge is 2.36. The van der Waals surface area contributed by atoms with Crippen molar-refractivity contribution in [3.63, 3.8) is 0 Å². The predicted octanol–water partition coefficient (Wildman–Crippen LogP) is 2.30. The second-order valence-electron chi connectivity index (χ2n) is 5.86. The Hall–Kier alpha value is -1.32. The number of aliphatic carboxylic acids is 1. The second-order valence-corrected chi connectivity index (χ2v) is 5.86. The first-order valence-corrected chi connectivity index (χ1v) is 7.26. The minimum absolute atomic E-state index is 0.0471. The minimum atomic E-state index is -0.842. The molecule has 0 radical (unpaired) electrons. The predicted molar refractivity (Wildman–Crippen MR) is 72.6 cm³/mol. The monoisotopic (exact) mass is 265 g/mol. The zero-order valence-electron chi connectivity index (χ0n) is 11.5. The molecule has 3 atom stereocenters. The Kier molecular flexibility index (Phi) is 4.61. The number of hydrogen-bond donors (Lipinski definition) is 1. The molecule has 0 aromatic carbocycles. The van der Waals surface area contributed by atoms with Crippen molar-refractivity contribution in [1.29, 1.82) is 0 Å². The van der Waals surface area contributed by atoms with Gasteiger partial charge < -0.3 is 10.0 Å². The number of allylic oxidation sites excluding steroid dienone is 2. The molecule has 4 nitrogen and oxygen atoms in total. The summed E-state index contributed by atoms with van der Waals surface area (Å²) in [7, 11) is 0. The third kappa shape index (κ3) is 3.37. The van der Waals surface area contributed by atoms with Crippen LogP contribution in [0.15, 0.2) is 12.2 Å². The van der Waals surface area contributed by atoms with E-state index in [0.29, 0.717) is 18.8 Å². The van der Waals surface area contributed by atoms with Gasteiger partial charge >= 0.3 is 5.97 Å². The smallest absolute Gasteiger partial charge is 0.307 e. The first-order valence-electron chi connectivity index (χ1n) is 7.26. The topological polar surface area (TPSA) is 57.6 Å². The number of carbonyl (C=O) groups excluding carboxylic acids is 1. The Morgan fingerprint density at radius 1 is 1.11 bits per heavy atom. The number of carboxylic acid groups (broad SMARTS) is 1. The molecule has 1 saturated heterocycles. The quantitative estimate of drug-likeness (QED) is 0.779. The molecule has 1 heterocycles. The van der Waals surface area contributed by atoms with Gasteiger partial charge in [0.15, 0.2) is 0 Å². The van der Waals surface area contributed by atoms with Crippen LogP contribution in [0.25, 0.3) is 0 Å². The average Bonchev–Trinajstić information content (AvgIpc) is 2.62. The average molecular weight is 265 g/mol. The molecule has 1 aliphatic carbocycles. The standard InChI is InChI=1S/C15H23NO3/c1-11-5-4-9-16(10-8-11)14(17)12-6-2-3-7-13(12)15(18)19/h2-3,11-13H,4-10H2,1H3,(H,18,19)/t11?,12-,13+/m1/s1. The molecule has 106 valence electrons. The van der Waals surface area contributed by atoms with E-state index in [9.17, 15) is 14.7 Å². The van der Waals surface area contributed by atoms with Gasteiger partial charge in [0.1, 0.15) is 0 Å². The van der Waals surface area contributed by atoms with Gasteiger partial charge in [-0.2, -0.15) is 0 Å². The van der Waals surface area contributed by atoms with Crippen molar-refractivity contribution >= 4 is 11.9 Å². The van der Waals surface area contributed by atoms with Crippen LogP contribution in [0.3, 0.4) is 0 Å². The van der Waals surface area contributed by atoms with E-state index in [0.717, 1.165) is 32.4 Å². The molecule has 19 heavy (non-hydrogen) atoms. The van der Waals surface area contributed by atoms with Crippen LogP contribution < -0.4 is 0 Å². The van der Waals surface area contributed by atoms with Crippen LogP contribution in [0.4, 0.5) is 0 Å². The molecule has 2 aliphatic rings. The normalized spacial score (nSPS) is 31.8. The van der Waals surface area contributed by atoms with Crippen LogP contribution in [0.1, 0.15) is 39.0 Å². The summed E-state index contributed by atoms with van der Waals surface area (Å²) in [6.45, 7) is 3.79. The van der Waals surface area contributed by atoms with Crippen LogP contribution in [0.5, 0.6) is 0 Å². The Bertz CT molecular complexity index is 378. The zero-order chi connectivity index (χ0) is 13.8. The summed E-state index contributed by atoms with van der Waals surface area (Å²) in [6, 6.07) is 0. The first kappa shape index (κ1) is 14.1. The third-order valence-corrected chi connectivity index (χ3v) is 4.40. The van der Waals surface area contributed by atoms with E-state index in [1.165, 1.54) is 0 Å². The van der Waals surface area contributed by atoms with Crippen molar-refractivity contribution in [2.75, 3.05) is 13.1 Å². The fourth-order valence-corrected chi connectivity index (χ4v) is 3.08. The number of nitrogens with zero attached hydrogens (tertiary/aromatic N) is 1. The summed E-state index contributed by atoms with van der Waals surface area (Å²) < 4.78 is 0. The number of amides is 1. The molecule has 4 heteroatoms. The number of hydrogen-bond acceptors (Lipinski definition) is 2. The number of carbonyl (C=O) groups is 2. The highest BCUT2D eigenvalue weighted by Crippen LogP contribution is 2.29. The largest absolute Gasteiger partial charge is 0.481 e. The van der Waals surface area contributed by atoms with Crippen molar-refractivity contribution in [1.82, 2.24) is 4.90 Å². The fraction of sp³-hybridized carbons (Fsp3) is 0.733. The van der Waals surface area contributed by atoms with Gasteiger partial charge in [-0.15, -0.1) is 0 Å².